The van der Waals surface area contributed by atoms with Crippen LogP contribution in [0, 0.1) is 0 Å². The van der Waals surface area contributed by atoms with E-state index in [9.17, 15) is 14.7 Å². The van der Waals surface area contributed by atoms with Crippen molar-refractivity contribution in [2.75, 3.05) is 21.3 Å². The lowest BCUT2D eigenvalue weighted by atomic mass is 9.95. The number of carbonyl (C=O) groups is 2. The number of benzene rings is 2. The monoisotopic (exact) mass is 353 g/mol. The molecule has 6 heteroatoms. The average Bonchev–Trinajstić information content (AvgIpc) is 2.91. The molecule has 2 aromatic rings. The Hall–Kier alpha value is -3.28. The third-order valence-electron chi connectivity index (χ3n) is 4.45. The summed E-state index contributed by atoms with van der Waals surface area (Å²) in [6.07, 6.45) is 0. The highest BCUT2D eigenvalue weighted by Gasteiger charge is 2.44. The molecule has 6 nitrogen and oxygen atoms in total. The quantitative estimate of drug-likeness (QED) is 0.520. The Labute approximate surface area is 151 Å². The summed E-state index contributed by atoms with van der Waals surface area (Å²) in [6, 6.07) is 13.1. The predicted molar refractivity (Wildman–Crippen MR) is 96.1 cm³/mol. The number of ether oxygens (including phenoxy) is 2. The molecule has 1 atom stereocenters. The Bertz CT molecular complexity index is 888. The fourth-order valence-corrected chi connectivity index (χ4v) is 3.11. The molecule has 0 spiro atoms. The molecule has 26 heavy (non-hydrogen) atoms. The second kappa shape index (κ2) is 6.92. The van der Waals surface area contributed by atoms with Crippen molar-refractivity contribution in [3.8, 4) is 11.5 Å². The summed E-state index contributed by atoms with van der Waals surface area (Å²) in [7, 11) is 4.57. The lowest BCUT2D eigenvalue weighted by Gasteiger charge is -2.22. The normalized spacial score (nSPS) is 18.9. The Morgan fingerprint density at radius 2 is 1.65 bits per heavy atom. The highest BCUT2D eigenvalue weighted by molar-refractivity contribution is 6.46. The number of carbonyl (C=O) groups excluding carboxylic acids is 2. The molecule has 2 aromatic carbocycles. The van der Waals surface area contributed by atoms with Gasteiger partial charge in [0.2, 0.25) is 0 Å². The van der Waals surface area contributed by atoms with E-state index < -0.39 is 17.7 Å². The van der Waals surface area contributed by atoms with E-state index in [1.54, 1.807) is 48.5 Å². The number of aliphatic hydroxyl groups is 1. The SMILES string of the molecule is COc1ccc([C@H]2C(=C(O)c3ccccc3)C(=O)C(=O)N2C)cc1OC. The van der Waals surface area contributed by atoms with Crippen LogP contribution < -0.4 is 9.47 Å². The molecular formula is C20H19NO5. The number of ketones is 1. The minimum Gasteiger partial charge on any atom is -0.507 e. The van der Waals surface area contributed by atoms with E-state index in [0.29, 0.717) is 22.6 Å². The number of likely N-dealkylation sites (tertiary alicyclic amines) is 1. The van der Waals surface area contributed by atoms with Crippen LogP contribution in [0.3, 0.4) is 0 Å². The van der Waals surface area contributed by atoms with Crippen molar-refractivity contribution in [1.82, 2.24) is 4.90 Å². The van der Waals surface area contributed by atoms with Crippen molar-refractivity contribution in [3.63, 3.8) is 0 Å². The summed E-state index contributed by atoms with van der Waals surface area (Å²) < 4.78 is 10.5. The molecule has 3 rings (SSSR count). The van der Waals surface area contributed by atoms with Crippen LogP contribution in [0.5, 0.6) is 11.5 Å². The van der Waals surface area contributed by atoms with Crippen LogP contribution in [-0.4, -0.2) is 43.0 Å². The lowest BCUT2D eigenvalue weighted by Crippen LogP contribution is -2.24. The molecule has 1 amide bonds. The van der Waals surface area contributed by atoms with E-state index in [2.05, 4.69) is 0 Å². The Morgan fingerprint density at radius 3 is 2.27 bits per heavy atom. The molecule has 0 unspecified atom stereocenters. The summed E-state index contributed by atoms with van der Waals surface area (Å²) in [4.78, 5) is 26.1. The van der Waals surface area contributed by atoms with Gasteiger partial charge in [0.25, 0.3) is 11.7 Å². The average molecular weight is 353 g/mol. The Balaban J connectivity index is 2.17. The van der Waals surface area contributed by atoms with E-state index in [1.807, 2.05) is 0 Å². The molecule has 1 aliphatic heterocycles. The van der Waals surface area contributed by atoms with Crippen LogP contribution in [0.25, 0.3) is 5.76 Å². The van der Waals surface area contributed by atoms with Crippen LogP contribution in [0.2, 0.25) is 0 Å². The van der Waals surface area contributed by atoms with Gasteiger partial charge in [-0.1, -0.05) is 36.4 Å². The number of hydrogen-bond donors (Lipinski definition) is 1. The van der Waals surface area contributed by atoms with Crippen LogP contribution >= 0.6 is 0 Å². The number of amides is 1. The minimum absolute atomic E-state index is 0.0518. The smallest absolute Gasteiger partial charge is 0.295 e. The predicted octanol–water partition coefficient (Wildman–Crippen LogP) is 2.76. The second-order valence-corrected chi connectivity index (χ2v) is 5.89. The van der Waals surface area contributed by atoms with Crippen molar-refractivity contribution in [3.05, 3.63) is 65.2 Å². The number of nitrogens with zero attached hydrogens (tertiary/aromatic N) is 1. The summed E-state index contributed by atoms with van der Waals surface area (Å²) in [6.45, 7) is 0. The van der Waals surface area contributed by atoms with Gasteiger partial charge < -0.3 is 19.5 Å². The molecule has 134 valence electrons. The van der Waals surface area contributed by atoms with Gasteiger partial charge in [-0.2, -0.15) is 0 Å². The maximum atomic E-state index is 12.5. The zero-order valence-electron chi connectivity index (χ0n) is 14.7. The summed E-state index contributed by atoms with van der Waals surface area (Å²) in [5.41, 5.74) is 1.17. The summed E-state index contributed by atoms with van der Waals surface area (Å²) in [5, 5.41) is 10.7. The van der Waals surface area contributed by atoms with E-state index in [0.717, 1.165) is 0 Å². The molecule has 0 aromatic heterocycles. The van der Waals surface area contributed by atoms with Crippen LogP contribution in [0.4, 0.5) is 0 Å². The molecule has 1 saturated heterocycles. The van der Waals surface area contributed by atoms with Crippen molar-refractivity contribution >= 4 is 17.4 Å². The van der Waals surface area contributed by atoms with Crippen LogP contribution in [0.1, 0.15) is 17.2 Å². The highest BCUT2D eigenvalue weighted by Crippen LogP contribution is 2.40. The molecule has 0 radical (unpaired) electrons. The van der Waals surface area contributed by atoms with Gasteiger partial charge >= 0.3 is 0 Å². The number of Topliss-reactive ketones (excluding diaryl/α,β-unsaturated/α-hetero) is 1. The molecule has 1 aliphatic rings. The molecule has 0 bridgehead atoms. The van der Waals surface area contributed by atoms with E-state index in [1.165, 1.54) is 26.2 Å². The molecule has 1 fully saturated rings. The van der Waals surface area contributed by atoms with Gasteiger partial charge in [0.15, 0.2) is 11.5 Å². The fraction of sp³-hybridized carbons (Fsp3) is 0.200. The third-order valence-corrected chi connectivity index (χ3v) is 4.45. The zero-order valence-corrected chi connectivity index (χ0v) is 14.7. The number of likely N-dealkylation sites (N-methyl/N-ethyl adjacent to an activating group) is 1. The van der Waals surface area contributed by atoms with Gasteiger partial charge in [0.05, 0.1) is 25.8 Å². The van der Waals surface area contributed by atoms with Crippen molar-refractivity contribution in [1.29, 1.82) is 0 Å². The van der Waals surface area contributed by atoms with E-state index >= 15 is 0 Å². The minimum atomic E-state index is -0.714. The van der Waals surface area contributed by atoms with Gasteiger partial charge in [-0.3, -0.25) is 9.59 Å². The van der Waals surface area contributed by atoms with Crippen LogP contribution in [-0.2, 0) is 9.59 Å². The topological polar surface area (TPSA) is 76.1 Å². The van der Waals surface area contributed by atoms with Crippen molar-refractivity contribution < 1.29 is 24.2 Å². The lowest BCUT2D eigenvalue weighted by molar-refractivity contribution is -0.139. The first-order valence-corrected chi connectivity index (χ1v) is 8.01. The van der Waals surface area contributed by atoms with Gasteiger partial charge in [0, 0.05) is 12.6 Å². The molecule has 0 saturated carbocycles. The largest absolute Gasteiger partial charge is 0.507 e. The number of rotatable bonds is 4. The standard InChI is InChI=1S/C20H19NO5/c1-21-17(13-9-10-14(25-2)15(11-13)26-3)16(19(23)20(21)24)18(22)12-7-5-4-6-8-12/h4-11,17,22H,1-3H3/t17-/m0/s1. The van der Waals surface area contributed by atoms with Gasteiger partial charge in [0.1, 0.15) is 5.76 Å². The number of methoxy groups -OCH3 is 2. The Morgan fingerprint density at radius 1 is 1.00 bits per heavy atom. The van der Waals surface area contributed by atoms with E-state index in [4.69, 9.17) is 9.47 Å². The fourth-order valence-electron chi connectivity index (χ4n) is 3.11. The zero-order chi connectivity index (χ0) is 18.8. The maximum Gasteiger partial charge on any atom is 0.295 e. The van der Waals surface area contributed by atoms with E-state index in [-0.39, 0.29) is 11.3 Å². The second-order valence-electron chi connectivity index (χ2n) is 5.89. The highest BCUT2D eigenvalue weighted by atomic mass is 16.5. The number of aliphatic hydroxyl groups excluding tert-OH is 1. The molecular weight excluding hydrogens is 334 g/mol. The number of hydrogen-bond acceptors (Lipinski definition) is 5. The maximum absolute atomic E-state index is 12.5. The Kier molecular flexibility index (Phi) is 4.67. The molecule has 1 N–H and O–H groups in total. The molecule has 0 aliphatic carbocycles. The van der Waals surface area contributed by atoms with Crippen molar-refractivity contribution in [2.24, 2.45) is 0 Å². The summed E-state index contributed by atoms with van der Waals surface area (Å²) >= 11 is 0. The third kappa shape index (κ3) is 2.79. The van der Waals surface area contributed by atoms with Gasteiger partial charge in [-0.15, -0.1) is 0 Å². The first kappa shape index (κ1) is 17.5. The van der Waals surface area contributed by atoms with Gasteiger partial charge in [-0.05, 0) is 17.7 Å². The van der Waals surface area contributed by atoms with Crippen molar-refractivity contribution in [2.45, 2.75) is 6.04 Å². The van der Waals surface area contributed by atoms with Gasteiger partial charge in [-0.25, -0.2) is 0 Å². The first-order valence-electron chi connectivity index (χ1n) is 8.01. The molecule has 1 heterocycles. The first-order chi connectivity index (χ1) is 12.5. The summed E-state index contributed by atoms with van der Waals surface area (Å²) in [5.74, 6) is -0.569. The van der Waals surface area contributed by atoms with Crippen LogP contribution in [0.15, 0.2) is 54.1 Å².